The minimum atomic E-state index is 0.567. The lowest BCUT2D eigenvalue weighted by Crippen LogP contribution is -2.28. The molecule has 3 rings (SSSR count). The van der Waals surface area contributed by atoms with Crippen molar-refractivity contribution < 1.29 is 4.79 Å². The molecule has 2 fully saturated rings. The van der Waals surface area contributed by atoms with Crippen molar-refractivity contribution in [1.29, 1.82) is 0 Å². The van der Waals surface area contributed by atoms with E-state index in [1.165, 1.54) is 38.5 Å². The Morgan fingerprint density at radius 2 is 2.00 bits per heavy atom. The number of rotatable bonds is 4. The van der Waals surface area contributed by atoms with Crippen LogP contribution in [0.25, 0.3) is 0 Å². The number of nitrogens with zero attached hydrogens (tertiary/aromatic N) is 2. The van der Waals surface area contributed by atoms with Gasteiger partial charge in [0.15, 0.2) is 11.4 Å². The summed E-state index contributed by atoms with van der Waals surface area (Å²) in [5.74, 6) is 0.567. The fourth-order valence-corrected chi connectivity index (χ4v) is 3.66. The largest absolute Gasteiger partial charge is 0.348 e. The summed E-state index contributed by atoms with van der Waals surface area (Å²) in [7, 11) is 2.13. The SMILES string of the molecule is CN(c1nc(C2CC2)c(C=O)s1)C1CCCC1. The molecule has 1 aromatic rings. The van der Waals surface area contributed by atoms with Crippen molar-refractivity contribution in [3.8, 4) is 0 Å². The molecule has 1 heterocycles. The van der Waals surface area contributed by atoms with Gasteiger partial charge in [0.25, 0.3) is 0 Å². The van der Waals surface area contributed by atoms with E-state index in [1.54, 1.807) is 11.3 Å². The molecule has 0 amide bonds. The van der Waals surface area contributed by atoms with Gasteiger partial charge in [0.05, 0.1) is 10.6 Å². The summed E-state index contributed by atoms with van der Waals surface area (Å²) in [5.41, 5.74) is 1.06. The molecule has 2 aliphatic carbocycles. The monoisotopic (exact) mass is 250 g/mol. The number of carbonyl (C=O) groups is 1. The van der Waals surface area contributed by atoms with Gasteiger partial charge in [-0.25, -0.2) is 4.98 Å². The zero-order chi connectivity index (χ0) is 11.8. The van der Waals surface area contributed by atoms with Gasteiger partial charge < -0.3 is 4.90 Å². The molecule has 0 radical (unpaired) electrons. The van der Waals surface area contributed by atoms with Crippen molar-refractivity contribution in [2.75, 3.05) is 11.9 Å². The average Bonchev–Trinajstić information content (AvgIpc) is 2.91. The van der Waals surface area contributed by atoms with Crippen LogP contribution >= 0.6 is 11.3 Å². The van der Waals surface area contributed by atoms with E-state index in [-0.39, 0.29) is 0 Å². The molecular formula is C13H18N2OS. The number of anilines is 1. The highest BCUT2D eigenvalue weighted by Crippen LogP contribution is 2.44. The maximum absolute atomic E-state index is 11.1. The van der Waals surface area contributed by atoms with Crippen LogP contribution in [0.1, 0.15) is 59.8 Å². The molecule has 0 saturated heterocycles. The van der Waals surface area contributed by atoms with E-state index in [0.29, 0.717) is 12.0 Å². The number of aldehydes is 1. The first kappa shape index (κ1) is 11.2. The summed E-state index contributed by atoms with van der Waals surface area (Å²) in [5, 5.41) is 1.04. The molecule has 0 spiro atoms. The number of hydrogen-bond acceptors (Lipinski definition) is 4. The van der Waals surface area contributed by atoms with Crippen LogP contribution in [0, 0.1) is 0 Å². The van der Waals surface area contributed by atoms with Gasteiger partial charge in [-0.1, -0.05) is 24.2 Å². The van der Waals surface area contributed by atoms with E-state index >= 15 is 0 Å². The number of aromatic nitrogens is 1. The third-order valence-corrected chi connectivity index (χ3v) is 5.00. The van der Waals surface area contributed by atoms with Crippen LogP contribution in [0.4, 0.5) is 5.13 Å². The van der Waals surface area contributed by atoms with Crippen molar-refractivity contribution in [1.82, 2.24) is 4.98 Å². The molecule has 92 valence electrons. The minimum absolute atomic E-state index is 0.567. The van der Waals surface area contributed by atoms with E-state index in [9.17, 15) is 4.79 Å². The molecule has 0 aliphatic heterocycles. The number of carbonyl (C=O) groups excluding carboxylic acids is 1. The van der Waals surface area contributed by atoms with Crippen LogP contribution in [0.15, 0.2) is 0 Å². The van der Waals surface area contributed by atoms with Crippen LogP contribution in [0.2, 0.25) is 0 Å². The van der Waals surface area contributed by atoms with Crippen LogP contribution < -0.4 is 4.90 Å². The van der Waals surface area contributed by atoms with Crippen molar-refractivity contribution in [3.05, 3.63) is 10.6 Å². The predicted molar refractivity (Wildman–Crippen MR) is 70.1 cm³/mol. The van der Waals surface area contributed by atoms with Gasteiger partial charge in [-0.2, -0.15) is 0 Å². The van der Waals surface area contributed by atoms with Gasteiger partial charge in [-0.05, 0) is 25.7 Å². The quantitative estimate of drug-likeness (QED) is 0.769. The number of thiazole rings is 1. The van der Waals surface area contributed by atoms with E-state index in [1.807, 2.05) is 0 Å². The minimum Gasteiger partial charge on any atom is -0.348 e. The summed E-state index contributed by atoms with van der Waals surface area (Å²) in [6, 6.07) is 0.632. The van der Waals surface area contributed by atoms with Gasteiger partial charge in [0.2, 0.25) is 0 Å². The highest BCUT2D eigenvalue weighted by atomic mass is 32.1. The molecule has 0 N–H and O–H groups in total. The molecule has 17 heavy (non-hydrogen) atoms. The zero-order valence-electron chi connectivity index (χ0n) is 10.2. The normalized spacial score (nSPS) is 20.8. The van der Waals surface area contributed by atoms with Crippen molar-refractivity contribution in [2.45, 2.75) is 50.5 Å². The Balaban J connectivity index is 1.84. The van der Waals surface area contributed by atoms with E-state index in [2.05, 4.69) is 11.9 Å². The molecular weight excluding hydrogens is 232 g/mol. The van der Waals surface area contributed by atoms with Gasteiger partial charge in [0.1, 0.15) is 0 Å². The van der Waals surface area contributed by atoms with Crippen LogP contribution in [-0.4, -0.2) is 24.4 Å². The highest BCUT2D eigenvalue weighted by molar-refractivity contribution is 7.17. The second-order valence-corrected chi connectivity index (χ2v) is 6.20. The number of hydrogen-bond donors (Lipinski definition) is 0. The van der Waals surface area contributed by atoms with Crippen molar-refractivity contribution in [2.24, 2.45) is 0 Å². The van der Waals surface area contributed by atoms with Crippen molar-refractivity contribution in [3.63, 3.8) is 0 Å². The van der Waals surface area contributed by atoms with Gasteiger partial charge in [0, 0.05) is 19.0 Å². The Morgan fingerprint density at radius 1 is 1.29 bits per heavy atom. The van der Waals surface area contributed by atoms with E-state index in [4.69, 9.17) is 4.98 Å². The van der Waals surface area contributed by atoms with Crippen molar-refractivity contribution >= 4 is 22.8 Å². The highest BCUT2D eigenvalue weighted by Gasteiger charge is 2.31. The third-order valence-electron chi connectivity index (χ3n) is 3.92. The smallest absolute Gasteiger partial charge is 0.186 e. The van der Waals surface area contributed by atoms with E-state index in [0.717, 1.165) is 22.0 Å². The standard InChI is InChI=1S/C13H18N2OS/c1-15(10-4-2-3-5-10)13-14-12(9-6-7-9)11(8-16)17-13/h8-10H,2-7H2,1H3. The summed E-state index contributed by atoms with van der Waals surface area (Å²) in [4.78, 5) is 18.9. The van der Waals surface area contributed by atoms with Crippen LogP contribution in [0.5, 0.6) is 0 Å². The second kappa shape index (κ2) is 4.41. The topological polar surface area (TPSA) is 33.2 Å². The van der Waals surface area contributed by atoms with Crippen LogP contribution in [-0.2, 0) is 0 Å². The Bertz CT molecular complexity index is 419. The molecule has 0 aromatic carbocycles. The molecule has 3 nitrogen and oxygen atoms in total. The Hall–Kier alpha value is -0.900. The third kappa shape index (κ3) is 2.10. The molecule has 4 heteroatoms. The summed E-state index contributed by atoms with van der Waals surface area (Å²) in [6.45, 7) is 0. The Labute approximate surface area is 106 Å². The fourth-order valence-electron chi connectivity index (χ4n) is 2.66. The summed E-state index contributed by atoms with van der Waals surface area (Å²) >= 11 is 1.57. The second-order valence-electron chi connectivity index (χ2n) is 5.19. The average molecular weight is 250 g/mol. The molecule has 0 atom stereocenters. The summed E-state index contributed by atoms with van der Waals surface area (Å²) < 4.78 is 0. The Kier molecular flexibility index (Phi) is 2.90. The fraction of sp³-hybridized carbons (Fsp3) is 0.692. The predicted octanol–water partition coefficient (Wildman–Crippen LogP) is 3.21. The summed E-state index contributed by atoms with van der Waals surface area (Å²) in [6.07, 6.45) is 8.59. The lowest BCUT2D eigenvalue weighted by atomic mass is 10.2. The lowest BCUT2D eigenvalue weighted by Gasteiger charge is -2.23. The molecule has 1 aromatic heterocycles. The molecule has 2 saturated carbocycles. The maximum atomic E-state index is 11.1. The van der Waals surface area contributed by atoms with Gasteiger partial charge in [-0.15, -0.1) is 0 Å². The van der Waals surface area contributed by atoms with Crippen LogP contribution in [0.3, 0.4) is 0 Å². The first-order valence-electron chi connectivity index (χ1n) is 6.48. The first-order valence-corrected chi connectivity index (χ1v) is 7.30. The first-order chi connectivity index (χ1) is 8.29. The maximum Gasteiger partial charge on any atom is 0.186 e. The van der Waals surface area contributed by atoms with Gasteiger partial charge in [-0.3, -0.25) is 4.79 Å². The lowest BCUT2D eigenvalue weighted by molar-refractivity contribution is 0.112. The molecule has 0 bridgehead atoms. The molecule has 2 aliphatic rings. The molecule has 0 unspecified atom stereocenters. The van der Waals surface area contributed by atoms with Gasteiger partial charge >= 0.3 is 0 Å². The Morgan fingerprint density at radius 3 is 2.59 bits per heavy atom. The van der Waals surface area contributed by atoms with E-state index < -0.39 is 0 Å². The zero-order valence-corrected chi connectivity index (χ0v) is 11.0.